The summed E-state index contributed by atoms with van der Waals surface area (Å²) in [6.45, 7) is 6.51. The zero-order valence-electron chi connectivity index (χ0n) is 10.0. The first-order valence-corrected chi connectivity index (χ1v) is 5.14. The minimum absolute atomic E-state index is 0.0344. The Kier molecular flexibility index (Phi) is 3.48. The topological polar surface area (TPSA) is 43.4 Å². The first kappa shape index (κ1) is 12.4. The van der Waals surface area contributed by atoms with Crippen LogP contribution >= 0.6 is 0 Å². The number of ether oxygens (including phenoxy) is 1. The smallest absolute Gasteiger partial charge is 0.308 e. The molecule has 0 radical (unpaired) electrons. The molecule has 0 aliphatic heterocycles. The largest absolute Gasteiger partial charge is 0.426 e. The maximum absolute atomic E-state index is 11.6. The number of benzene rings is 1. The fourth-order valence-electron chi connectivity index (χ4n) is 1.42. The van der Waals surface area contributed by atoms with Crippen LogP contribution in [0.3, 0.4) is 0 Å². The third kappa shape index (κ3) is 2.48. The maximum Gasteiger partial charge on any atom is 0.308 e. The van der Waals surface area contributed by atoms with Gasteiger partial charge in [0.1, 0.15) is 11.5 Å². The van der Waals surface area contributed by atoms with Crippen molar-refractivity contribution in [1.29, 1.82) is 0 Å². The van der Waals surface area contributed by atoms with Gasteiger partial charge in [-0.1, -0.05) is 18.2 Å². The molecular formula is C13H16O3. The van der Waals surface area contributed by atoms with Crippen molar-refractivity contribution in [2.45, 2.75) is 33.1 Å². The van der Waals surface area contributed by atoms with Crippen LogP contribution in [-0.2, 0) is 15.0 Å². The van der Waals surface area contributed by atoms with Crippen LogP contribution in [0, 0.1) is 0 Å². The Balaban J connectivity index is 3.22. The van der Waals surface area contributed by atoms with E-state index >= 15 is 0 Å². The van der Waals surface area contributed by atoms with Crippen molar-refractivity contribution in [3.63, 3.8) is 0 Å². The van der Waals surface area contributed by atoms with E-state index in [1.807, 2.05) is 19.9 Å². The van der Waals surface area contributed by atoms with E-state index in [2.05, 4.69) is 0 Å². The third-order valence-corrected chi connectivity index (χ3v) is 2.69. The lowest BCUT2D eigenvalue weighted by atomic mass is 9.81. The lowest BCUT2D eigenvalue weighted by molar-refractivity contribution is -0.132. The number of esters is 1. The zero-order chi connectivity index (χ0) is 12.3. The average molecular weight is 220 g/mol. The first-order valence-electron chi connectivity index (χ1n) is 5.14. The summed E-state index contributed by atoms with van der Waals surface area (Å²) < 4.78 is 5.09. The Morgan fingerprint density at radius 2 is 1.69 bits per heavy atom. The zero-order valence-corrected chi connectivity index (χ0v) is 10.0. The monoisotopic (exact) mass is 220 g/mol. The van der Waals surface area contributed by atoms with E-state index in [9.17, 15) is 9.59 Å². The second-order valence-corrected chi connectivity index (χ2v) is 4.27. The molecule has 0 spiro atoms. The molecule has 0 N–H and O–H groups in total. The fourth-order valence-corrected chi connectivity index (χ4v) is 1.42. The number of ketones is 1. The Labute approximate surface area is 95.4 Å². The van der Waals surface area contributed by atoms with E-state index in [1.165, 1.54) is 13.8 Å². The Hall–Kier alpha value is -1.64. The maximum atomic E-state index is 11.6. The summed E-state index contributed by atoms with van der Waals surface area (Å²) in [6, 6.07) is 7.10. The highest BCUT2D eigenvalue weighted by molar-refractivity contribution is 5.88. The van der Waals surface area contributed by atoms with E-state index in [-0.39, 0.29) is 11.8 Å². The van der Waals surface area contributed by atoms with E-state index in [4.69, 9.17) is 4.74 Å². The molecule has 0 unspecified atom stereocenters. The van der Waals surface area contributed by atoms with Gasteiger partial charge in [-0.15, -0.1) is 0 Å². The summed E-state index contributed by atoms with van der Waals surface area (Å²) in [5.41, 5.74) is 0.0872. The van der Waals surface area contributed by atoms with Crippen molar-refractivity contribution in [1.82, 2.24) is 0 Å². The highest BCUT2D eigenvalue weighted by Crippen LogP contribution is 2.32. The lowest BCUT2D eigenvalue weighted by Gasteiger charge is -2.23. The fraction of sp³-hybridized carbons (Fsp3) is 0.385. The van der Waals surface area contributed by atoms with E-state index in [1.54, 1.807) is 18.2 Å². The molecule has 1 rings (SSSR count). The SMILES string of the molecule is CC(=O)Oc1ccccc1C(C)(C)C(C)=O. The van der Waals surface area contributed by atoms with Crippen LogP contribution < -0.4 is 4.74 Å². The van der Waals surface area contributed by atoms with Crippen molar-refractivity contribution in [3.8, 4) is 5.75 Å². The van der Waals surface area contributed by atoms with E-state index in [0.29, 0.717) is 5.75 Å². The molecule has 1 aromatic carbocycles. The lowest BCUT2D eigenvalue weighted by Crippen LogP contribution is -2.27. The number of carbonyl (C=O) groups excluding carboxylic acids is 2. The van der Waals surface area contributed by atoms with Gasteiger partial charge >= 0.3 is 5.97 Å². The Bertz CT molecular complexity index is 419. The van der Waals surface area contributed by atoms with Gasteiger partial charge in [-0.05, 0) is 26.8 Å². The Morgan fingerprint density at radius 1 is 1.12 bits per heavy atom. The molecule has 0 amide bonds. The van der Waals surface area contributed by atoms with Crippen LogP contribution in [0.1, 0.15) is 33.3 Å². The number of carbonyl (C=O) groups is 2. The summed E-state index contributed by atoms with van der Waals surface area (Å²) in [7, 11) is 0. The number of Topliss-reactive ketones (excluding diaryl/α,β-unsaturated/α-hetero) is 1. The van der Waals surface area contributed by atoms with Crippen LogP contribution in [0.4, 0.5) is 0 Å². The molecule has 1 aromatic rings. The highest BCUT2D eigenvalue weighted by atomic mass is 16.5. The second-order valence-electron chi connectivity index (χ2n) is 4.27. The van der Waals surface area contributed by atoms with Crippen LogP contribution in [0.25, 0.3) is 0 Å². The van der Waals surface area contributed by atoms with Crippen molar-refractivity contribution >= 4 is 11.8 Å². The molecule has 0 aliphatic rings. The van der Waals surface area contributed by atoms with Gasteiger partial charge in [0.05, 0.1) is 5.41 Å². The van der Waals surface area contributed by atoms with Gasteiger partial charge in [0.2, 0.25) is 0 Å². The van der Waals surface area contributed by atoms with E-state index in [0.717, 1.165) is 5.56 Å². The second kappa shape index (κ2) is 4.47. The minimum Gasteiger partial charge on any atom is -0.426 e. The molecule has 3 heteroatoms. The molecule has 0 aromatic heterocycles. The Morgan fingerprint density at radius 3 is 2.19 bits per heavy atom. The van der Waals surface area contributed by atoms with Crippen molar-refractivity contribution in [3.05, 3.63) is 29.8 Å². The molecule has 0 fully saturated rings. The van der Waals surface area contributed by atoms with Crippen molar-refractivity contribution < 1.29 is 14.3 Å². The van der Waals surface area contributed by atoms with Gasteiger partial charge in [-0.2, -0.15) is 0 Å². The average Bonchev–Trinajstić information content (AvgIpc) is 2.17. The molecule has 0 saturated carbocycles. The predicted octanol–water partition coefficient (Wildman–Crippen LogP) is 2.48. The molecule has 0 heterocycles. The molecule has 16 heavy (non-hydrogen) atoms. The quantitative estimate of drug-likeness (QED) is 0.580. The first-order chi connectivity index (χ1) is 7.35. The van der Waals surface area contributed by atoms with Gasteiger partial charge in [-0.3, -0.25) is 9.59 Å². The molecule has 0 atom stereocenters. The number of rotatable bonds is 3. The number of hydrogen-bond acceptors (Lipinski definition) is 3. The minimum atomic E-state index is -0.647. The van der Waals surface area contributed by atoms with Crippen LogP contribution in [0.2, 0.25) is 0 Å². The van der Waals surface area contributed by atoms with Gasteiger partial charge in [-0.25, -0.2) is 0 Å². The van der Waals surface area contributed by atoms with E-state index < -0.39 is 5.41 Å². The summed E-state index contributed by atoms with van der Waals surface area (Å²) in [6.07, 6.45) is 0. The number of hydrogen-bond donors (Lipinski definition) is 0. The van der Waals surface area contributed by atoms with Crippen LogP contribution in [0.5, 0.6) is 5.75 Å². The van der Waals surface area contributed by atoms with Gasteiger partial charge in [0.25, 0.3) is 0 Å². The summed E-state index contributed by atoms with van der Waals surface area (Å²) >= 11 is 0. The molecule has 0 bridgehead atoms. The van der Waals surface area contributed by atoms with Crippen LogP contribution in [0.15, 0.2) is 24.3 Å². The van der Waals surface area contributed by atoms with Gasteiger partial charge in [0.15, 0.2) is 0 Å². The molecule has 0 aliphatic carbocycles. The molecule has 86 valence electrons. The predicted molar refractivity (Wildman–Crippen MR) is 61.5 cm³/mol. The van der Waals surface area contributed by atoms with Crippen molar-refractivity contribution in [2.24, 2.45) is 0 Å². The number of para-hydroxylation sites is 1. The normalized spacial score (nSPS) is 11.0. The molecular weight excluding hydrogens is 204 g/mol. The highest BCUT2D eigenvalue weighted by Gasteiger charge is 2.29. The summed E-state index contributed by atoms with van der Waals surface area (Å²) in [5, 5.41) is 0. The summed E-state index contributed by atoms with van der Waals surface area (Å²) in [4.78, 5) is 22.5. The molecule has 3 nitrogen and oxygen atoms in total. The standard InChI is InChI=1S/C13H16O3/c1-9(14)13(3,4)11-7-5-6-8-12(11)16-10(2)15/h5-8H,1-4H3. The van der Waals surface area contributed by atoms with Gasteiger partial charge in [0, 0.05) is 12.5 Å². The molecule has 0 saturated heterocycles. The third-order valence-electron chi connectivity index (χ3n) is 2.69. The van der Waals surface area contributed by atoms with Crippen molar-refractivity contribution in [2.75, 3.05) is 0 Å². The van der Waals surface area contributed by atoms with Crippen LogP contribution in [-0.4, -0.2) is 11.8 Å². The van der Waals surface area contributed by atoms with Gasteiger partial charge < -0.3 is 4.74 Å². The summed E-state index contributed by atoms with van der Waals surface area (Å²) in [5.74, 6) is 0.106.